The van der Waals surface area contributed by atoms with Crippen LogP contribution in [0, 0.1) is 6.92 Å². The Hall–Kier alpha value is -2.27. The average Bonchev–Trinajstić information content (AvgIpc) is 2.73. The van der Waals surface area contributed by atoms with Gasteiger partial charge in [0.25, 0.3) is 0 Å². The number of rotatable bonds is 8. The van der Waals surface area contributed by atoms with E-state index in [-0.39, 0.29) is 12.4 Å². The van der Waals surface area contributed by atoms with Gasteiger partial charge in [0.05, 0.1) is 11.1 Å². The summed E-state index contributed by atoms with van der Waals surface area (Å²) in [5, 5.41) is 1.11. The number of carbonyl (C=O) groups excluding carboxylic acids is 1. The number of ketones is 1. The normalized spacial score (nSPS) is 11.0. The van der Waals surface area contributed by atoms with Crippen LogP contribution in [0.5, 0.6) is 11.5 Å². The summed E-state index contributed by atoms with van der Waals surface area (Å²) in [4.78, 5) is 12.4. The van der Waals surface area contributed by atoms with E-state index in [0.29, 0.717) is 38.2 Å². The number of carbonyl (C=O) groups is 1. The minimum atomic E-state index is -0.0632. The Balaban J connectivity index is 1.80. The molecule has 0 aliphatic rings. The summed E-state index contributed by atoms with van der Waals surface area (Å²) >= 11 is 15.8. The van der Waals surface area contributed by atoms with E-state index < -0.39 is 0 Å². The summed E-state index contributed by atoms with van der Waals surface area (Å²) in [6.07, 6.45) is 3.31. The Bertz CT molecular complexity index is 1110. The lowest BCUT2D eigenvalue weighted by Crippen LogP contribution is -2.01. The summed E-state index contributed by atoms with van der Waals surface area (Å²) in [5.41, 5.74) is 3.38. The fourth-order valence-corrected chi connectivity index (χ4v) is 3.90. The lowest BCUT2D eigenvalue weighted by molar-refractivity contribution is 0.104. The van der Waals surface area contributed by atoms with Gasteiger partial charge in [0.15, 0.2) is 17.3 Å². The molecule has 0 aromatic heterocycles. The Morgan fingerprint density at radius 1 is 1.03 bits per heavy atom. The van der Waals surface area contributed by atoms with Crippen molar-refractivity contribution in [3.63, 3.8) is 0 Å². The second-order valence-electron chi connectivity index (χ2n) is 6.85. The van der Waals surface area contributed by atoms with E-state index in [2.05, 4.69) is 15.9 Å². The molecule has 0 saturated heterocycles. The first kappa shape index (κ1) is 23.4. The number of aryl methyl sites for hydroxylation is 1. The quantitative estimate of drug-likeness (QED) is 0.224. The van der Waals surface area contributed by atoms with Crippen LogP contribution in [0.4, 0.5) is 0 Å². The van der Waals surface area contributed by atoms with Crippen LogP contribution in [0.25, 0.3) is 6.08 Å². The molecule has 0 radical (unpaired) electrons. The molecule has 0 atom stereocenters. The lowest BCUT2D eigenvalue weighted by atomic mass is 10.1. The Morgan fingerprint density at radius 2 is 1.77 bits per heavy atom. The molecule has 3 nitrogen and oxygen atoms in total. The Morgan fingerprint density at radius 3 is 2.45 bits per heavy atom. The highest BCUT2D eigenvalue weighted by Gasteiger charge is 2.13. The van der Waals surface area contributed by atoms with E-state index in [1.807, 2.05) is 56.3 Å². The van der Waals surface area contributed by atoms with Crippen LogP contribution in [-0.2, 0) is 6.61 Å². The van der Waals surface area contributed by atoms with E-state index >= 15 is 0 Å². The van der Waals surface area contributed by atoms with Crippen LogP contribution in [0.1, 0.15) is 34.0 Å². The smallest absolute Gasteiger partial charge is 0.185 e. The Kier molecular flexibility index (Phi) is 8.19. The first-order valence-electron chi connectivity index (χ1n) is 9.69. The summed E-state index contributed by atoms with van der Waals surface area (Å²) in [5.74, 6) is 1.08. The van der Waals surface area contributed by atoms with Crippen LogP contribution in [0.2, 0.25) is 10.0 Å². The molecule has 0 spiro atoms. The van der Waals surface area contributed by atoms with E-state index in [0.717, 1.165) is 16.7 Å². The average molecular weight is 520 g/mol. The first-order valence-corrected chi connectivity index (χ1v) is 11.2. The highest BCUT2D eigenvalue weighted by molar-refractivity contribution is 9.10. The molecular weight excluding hydrogens is 499 g/mol. The van der Waals surface area contributed by atoms with Gasteiger partial charge in [0, 0.05) is 21.2 Å². The second-order valence-corrected chi connectivity index (χ2v) is 8.55. The van der Waals surface area contributed by atoms with Gasteiger partial charge in [-0.25, -0.2) is 0 Å². The molecule has 0 bridgehead atoms. The van der Waals surface area contributed by atoms with Crippen LogP contribution < -0.4 is 9.47 Å². The molecule has 0 aliphatic heterocycles. The molecule has 6 heteroatoms. The zero-order valence-corrected chi connectivity index (χ0v) is 20.2. The lowest BCUT2D eigenvalue weighted by Gasteiger charge is -2.15. The summed E-state index contributed by atoms with van der Waals surface area (Å²) in [6, 6.07) is 16.5. The molecule has 0 N–H and O–H groups in total. The van der Waals surface area contributed by atoms with Crippen LogP contribution in [0.3, 0.4) is 0 Å². The topological polar surface area (TPSA) is 35.5 Å². The van der Waals surface area contributed by atoms with Crippen molar-refractivity contribution in [2.45, 2.75) is 20.5 Å². The van der Waals surface area contributed by atoms with Crippen molar-refractivity contribution in [3.8, 4) is 11.5 Å². The number of benzene rings is 3. The molecule has 3 rings (SSSR count). The van der Waals surface area contributed by atoms with E-state index in [4.69, 9.17) is 32.7 Å². The highest BCUT2D eigenvalue weighted by atomic mass is 79.9. The predicted octanol–water partition coefficient (Wildman–Crippen LogP) is 7.94. The summed E-state index contributed by atoms with van der Waals surface area (Å²) in [6.45, 7) is 4.62. The van der Waals surface area contributed by atoms with Crippen molar-refractivity contribution in [2.24, 2.45) is 0 Å². The zero-order chi connectivity index (χ0) is 22.4. The maximum absolute atomic E-state index is 12.4. The van der Waals surface area contributed by atoms with Gasteiger partial charge in [-0.05, 0) is 65.7 Å². The Labute approximate surface area is 200 Å². The molecule has 0 aliphatic carbocycles. The third-order valence-electron chi connectivity index (χ3n) is 4.48. The molecular formula is C25H21BrCl2O3. The highest BCUT2D eigenvalue weighted by Crippen LogP contribution is 2.38. The predicted molar refractivity (Wildman–Crippen MR) is 131 cm³/mol. The molecule has 31 heavy (non-hydrogen) atoms. The molecule has 0 heterocycles. The third-order valence-corrected chi connectivity index (χ3v) is 5.66. The maximum atomic E-state index is 12.4. The van der Waals surface area contributed by atoms with Gasteiger partial charge in [-0.15, -0.1) is 0 Å². The minimum Gasteiger partial charge on any atom is -0.490 e. The first-order chi connectivity index (χ1) is 14.9. The third kappa shape index (κ3) is 6.36. The molecule has 160 valence electrons. The van der Waals surface area contributed by atoms with E-state index in [1.54, 1.807) is 24.3 Å². The van der Waals surface area contributed by atoms with E-state index in [1.165, 1.54) is 0 Å². The van der Waals surface area contributed by atoms with Crippen molar-refractivity contribution < 1.29 is 14.3 Å². The number of allylic oxidation sites excluding steroid dienone is 1. The van der Waals surface area contributed by atoms with Crippen molar-refractivity contribution >= 4 is 51.0 Å². The van der Waals surface area contributed by atoms with Crippen LogP contribution >= 0.6 is 39.1 Å². The van der Waals surface area contributed by atoms with Gasteiger partial charge < -0.3 is 9.47 Å². The molecule has 0 saturated carbocycles. The van der Waals surface area contributed by atoms with Gasteiger partial charge in [-0.3, -0.25) is 4.79 Å². The fraction of sp³-hybridized carbons (Fsp3) is 0.160. The van der Waals surface area contributed by atoms with Crippen molar-refractivity contribution in [1.29, 1.82) is 0 Å². The molecule has 0 fully saturated rings. The fourth-order valence-electron chi connectivity index (χ4n) is 2.86. The van der Waals surface area contributed by atoms with Gasteiger partial charge in [0.2, 0.25) is 0 Å². The minimum absolute atomic E-state index is 0.0632. The number of ether oxygens (including phenoxy) is 2. The molecule has 0 unspecified atom stereocenters. The molecule has 3 aromatic rings. The molecule has 0 amide bonds. The van der Waals surface area contributed by atoms with Crippen molar-refractivity contribution in [3.05, 3.63) is 97.4 Å². The molecule has 3 aromatic carbocycles. The summed E-state index contributed by atoms with van der Waals surface area (Å²) in [7, 11) is 0. The number of halogens is 3. The van der Waals surface area contributed by atoms with Gasteiger partial charge >= 0.3 is 0 Å². The maximum Gasteiger partial charge on any atom is 0.185 e. The van der Waals surface area contributed by atoms with Gasteiger partial charge in [-0.2, -0.15) is 0 Å². The zero-order valence-electron chi connectivity index (χ0n) is 17.1. The van der Waals surface area contributed by atoms with Crippen molar-refractivity contribution in [2.75, 3.05) is 6.61 Å². The standard InChI is InChI=1S/C25H21BrCl2O3/c1-3-30-24-13-17(6-11-23(29)18-7-4-16(2)5-8-18)12-21(26)25(24)31-15-19-9-10-20(27)14-22(19)28/h4-14H,3,15H2,1-2H3/b11-6+. The summed E-state index contributed by atoms with van der Waals surface area (Å²) < 4.78 is 12.5. The SMILES string of the molecule is CCOc1cc(/C=C/C(=O)c2ccc(C)cc2)cc(Br)c1OCc1ccc(Cl)cc1Cl. The van der Waals surface area contributed by atoms with Crippen LogP contribution in [0.15, 0.2) is 65.1 Å². The monoisotopic (exact) mass is 518 g/mol. The van der Waals surface area contributed by atoms with Gasteiger partial charge in [-0.1, -0.05) is 65.2 Å². The second kappa shape index (κ2) is 10.9. The van der Waals surface area contributed by atoms with Crippen molar-refractivity contribution in [1.82, 2.24) is 0 Å². The van der Waals surface area contributed by atoms with E-state index in [9.17, 15) is 4.79 Å². The van der Waals surface area contributed by atoms with Gasteiger partial charge in [0.1, 0.15) is 6.61 Å². The number of hydrogen-bond acceptors (Lipinski definition) is 3. The van der Waals surface area contributed by atoms with Crippen LogP contribution in [-0.4, -0.2) is 12.4 Å². The largest absolute Gasteiger partial charge is 0.490 e. The number of hydrogen-bond donors (Lipinski definition) is 0.